The van der Waals surface area contributed by atoms with E-state index in [1.165, 1.54) is 0 Å². The van der Waals surface area contributed by atoms with Gasteiger partial charge in [0.1, 0.15) is 0 Å². The second-order valence-electron chi connectivity index (χ2n) is 6.20. The van der Waals surface area contributed by atoms with Crippen molar-refractivity contribution in [2.24, 2.45) is 11.8 Å². The number of carbonyl (C=O) groups excluding carboxylic acids is 2. The van der Waals surface area contributed by atoms with E-state index in [0.29, 0.717) is 11.1 Å². The Morgan fingerprint density at radius 1 is 0.870 bits per heavy atom. The normalized spacial score (nSPS) is 30.2. The summed E-state index contributed by atoms with van der Waals surface area (Å²) < 4.78 is 7.93. The van der Waals surface area contributed by atoms with Crippen LogP contribution in [0.3, 0.4) is 0 Å². The smallest absolute Gasteiger partial charge is 0.171 e. The van der Waals surface area contributed by atoms with E-state index < -0.39 is 0 Å². The van der Waals surface area contributed by atoms with Crippen molar-refractivity contribution < 1.29 is 14.3 Å². The minimum atomic E-state index is -0.372. The third kappa shape index (κ3) is 1.78. The number of halogens is 2. The van der Waals surface area contributed by atoms with Gasteiger partial charge in [0.2, 0.25) is 0 Å². The van der Waals surface area contributed by atoms with Crippen LogP contribution in [-0.2, 0) is 4.74 Å². The summed E-state index contributed by atoms with van der Waals surface area (Å²) in [5.41, 5.74) is 3.31. The average Bonchev–Trinajstić information content (AvgIpc) is 3.09. The number of fused-ring (bicyclic) bond motifs is 9. The summed E-state index contributed by atoms with van der Waals surface area (Å²) in [6, 6.07) is 11.8. The van der Waals surface area contributed by atoms with Crippen molar-refractivity contribution in [1.29, 1.82) is 0 Å². The Morgan fingerprint density at radius 3 is 2.13 bits per heavy atom. The standard InChI is InChI=1S/C18H10I2O3/c19-7-5-10-12(11(20)6-7)16(22)14-13(15(10)21)17-8-3-1-2-4-9(8)18(14)23-17/h1-6,13-14,17-18H. The highest BCUT2D eigenvalue weighted by atomic mass is 127. The number of benzene rings is 2. The molecule has 2 aromatic rings. The largest absolute Gasteiger partial charge is 0.364 e. The number of carbonyl (C=O) groups is 2. The molecule has 5 heteroatoms. The first kappa shape index (κ1) is 14.5. The van der Waals surface area contributed by atoms with Gasteiger partial charge in [-0.15, -0.1) is 0 Å². The van der Waals surface area contributed by atoms with Gasteiger partial charge >= 0.3 is 0 Å². The summed E-state index contributed by atoms with van der Waals surface area (Å²) in [5, 5.41) is 0. The fraction of sp³-hybridized carbons (Fsp3) is 0.222. The third-order valence-corrected chi connectivity index (χ3v) is 6.59. The zero-order chi connectivity index (χ0) is 15.9. The predicted octanol–water partition coefficient (Wildman–Crippen LogP) is 4.33. The van der Waals surface area contributed by atoms with Gasteiger partial charge < -0.3 is 4.74 Å². The van der Waals surface area contributed by atoms with Crippen molar-refractivity contribution in [3.8, 4) is 0 Å². The molecule has 2 aromatic carbocycles. The SMILES string of the molecule is O=C1c2cc(I)cc(I)c2C(=O)C2C3OC(c4ccccc43)C12. The molecule has 1 fully saturated rings. The van der Waals surface area contributed by atoms with Gasteiger partial charge in [-0.05, 0) is 68.4 Å². The van der Waals surface area contributed by atoms with Crippen molar-refractivity contribution in [2.45, 2.75) is 12.2 Å². The fourth-order valence-corrected chi connectivity index (χ4v) is 6.34. The molecule has 0 radical (unpaired) electrons. The monoisotopic (exact) mass is 528 g/mol. The number of hydrogen-bond acceptors (Lipinski definition) is 3. The van der Waals surface area contributed by atoms with E-state index in [1.807, 2.05) is 36.4 Å². The van der Waals surface area contributed by atoms with Crippen molar-refractivity contribution in [1.82, 2.24) is 0 Å². The van der Waals surface area contributed by atoms with Gasteiger partial charge in [-0.1, -0.05) is 24.3 Å². The molecule has 4 atom stereocenters. The molecule has 3 aliphatic rings. The molecule has 0 aromatic heterocycles. The maximum Gasteiger partial charge on any atom is 0.171 e. The van der Waals surface area contributed by atoms with Crippen LogP contribution in [-0.4, -0.2) is 11.6 Å². The fourth-order valence-electron chi connectivity index (χ4n) is 4.23. The van der Waals surface area contributed by atoms with Crippen LogP contribution in [0.25, 0.3) is 0 Å². The lowest BCUT2D eigenvalue weighted by Gasteiger charge is -2.32. The molecule has 23 heavy (non-hydrogen) atoms. The molecular formula is C18H10I2O3. The van der Waals surface area contributed by atoms with E-state index in [0.717, 1.165) is 18.3 Å². The van der Waals surface area contributed by atoms with E-state index in [2.05, 4.69) is 45.2 Å². The van der Waals surface area contributed by atoms with Gasteiger partial charge in [-0.25, -0.2) is 0 Å². The van der Waals surface area contributed by atoms with Crippen LogP contribution < -0.4 is 0 Å². The first-order valence-corrected chi connectivity index (χ1v) is 9.55. The molecule has 0 saturated carbocycles. The number of rotatable bonds is 0. The van der Waals surface area contributed by atoms with Crippen LogP contribution >= 0.6 is 45.2 Å². The van der Waals surface area contributed by atoms with Crippen LogP contribution in [0, 0.1) is 19.0 Å². The molecule has 3 nitrogen and oxygen atoms in total. The van der Waals surface area contributed by atoms with Crippen LogP contribution in [0.2, 0.25) is 0 Å². The van der Waals surface area contributed by atoms with E-state index in [4.69, 9.17) is 4.74 Å². The van der Waals surface area contributed by atoms with Crippen molar-refractivity contribution in [3.05, 3.63) is 65.8 Å². The van der Waals surface area contributed by atoms with Crippen LogP contribution in [0.1, 0.15) is 44.1 Å². The topological polar surface area (TPSA) is 43.4 Å². The maximum absolute atomic E-state index is 13.1. The lowest BCUT2D eigenvalue weighted by atomic mass is 9.66. The summed E-state index contributed by atoms with van der Waals surface area (Å²) >= 11 is 4.35. The zero-order valence-corrected chi connectivity index (χ0v) is 16.1. The van der Waals surface area contributed by atoms with Crippen molar-refractivity contribution in [2.75, 3.05) is 0 Å². The first-order chi connectivity index (χ1) is 11.1. The van der Waals surface area contributed by atoms with Gasteiger partial charge in [0.05, 0.1) is 24.0 Å². The van der Waals surface area contributed by atoms with E-state index >= 15 is 0 Å². The number of ether oxygens (including phenoxy) is 1. The van der Waals surface area contributed by atoms with Gasteiger partial charge in [0.15, 0.2) is 11.6 Å². The first-order valence-electron chi connectivity index (χ1n) is 7.39. The molecule has 4 unspecified atom stereocenters. The lowest BCUT2D eigenvalue weighted by molar-refractivity contribution is 0.0511. The van der Waals surface area contributed by atoms with E-state index in [9.17, 15) is 9.59 Å². The van der Waals surface area contributed by atoms with Crippen LogP contribution in [0.15, 0.2) is 36.4 Å². The minimum Gasteiger partial charge on any atom is -0.364 e. The molecule has 2 heterocycles. The zero-order valence-electron chi connectivity index (χ0n) is 11.8. The summed E-state index contributed by atoms with van der Waals surface area (Å²) in [7, 11) is 0. The highest BCUT2D eigenvalue weighted by Gasteiger charge is 2.60. The minimum absolute atomic E-state index is 0.0584. The van der Waals surface area contributed by atoms with Crippen molar-refractivity contribution in [3.63, 3.8) is 0 Å². The number of Topliss-reactive ketones (excluding diaryl/α,β-unsaturated/α-hetero) is 2. The Morgan fingerprint density at radius 2 is 1.48 bits per heavy atom. The Bertz CT molecular complexity index is 905. The number of hydrogen-bond donors (Lipinski definition) is 0. The summed E-state index contributed by atoms with van der Waals surface area (Å²) in [5.74, 6) is -0.622. The lowest BCUT2D eigenvalue weighted by Crippen LogP contribution is -2.40. The van der Waals surface area contributed by atoms with Crippen molar-refractivity contribution >= 4 is 56.7 Å². The predicted molar refractivity (Wildman–Crippen MR) is 101 cm³/mol. The molecule has 2 aliphatic heterocycles. The molecule has 0 N–H and O–H groups in total. The quantitative estimate of drug-likeness (QED) is 0.479. The Labute approximate surface area is 160 Å². The second kappa shape index (κ2) is 4.86. The summed E-state index contributed by atoms with van der Waals surface area (Å²) in [4.78, 5) is 26.2. The molecule has 1 saturated heterocycles. The highest BCUT2D eigenvalue weighted by molar-refractivity contribution is 14.1. The molecule has 1 aliphatic carbocycles. The Hall–Kier alpha value is -0.800. The molecule has 114 valence electrons. The Kier molecular flexibility index (Phi) is 3.07. The average molecular weight is 528 g/mol. The van der Waals surface area contributed by atoms with Crippen LogP contribution in [0.5, 0.6) is 0 Å². The molecule has 0 amide bonds. The molecule has 0 spiro atoms. The number of ketones is 2. The van der Waals surface area contributed by atoms with Crippen LogP contribution in [0.4, 0.5) is 0 Å². The molecule has 2 bridgehead atoms. The Balaban J connectivity index is 1.74. The van der Waals surface area contributed by atoms with E-state index in [1.54, 1.807) is 0 Å². The molecule has 5 rings (SSSR count). The van der Waals surface area contributed by atoms with Gasteiger partial charge in [-0.2, -0.15) is 0 Å². The highest BCUT2D eigenvalue weighted by Crippen LogP contribution is 2.60. The maximum atomic E-state index is 13.1. The van der Waals surface area contributed by atoms with E-state index in [-0.39, 0.29) is 35.6 Å². The molecular weight excluding hydrogens is 518 g/mol. The third-order valence-electron chi connectivity index (χ3n) is 5.11. The summed E-state index contributed by atoms with van der Waals surface area (Å²) in [6.07, 6.45) is -0.554. The second-order valence-corrected chi connectivity index (χ2v) is 8.60. The summed E-state index contributed by atoms with van der Waals surface area (Å²) in [6.45, 7) is 0. The van der Waals surface area contributed by atoms with Gasteiger partial charge in [0.25, 0.3) is 0 Å². The van der Waals surface area contributed by atoms with Gasteiger partial charge in [0, 0.05) is 18.3 Å². The van der Waals surface area contributed by atoms with Gasteiger partial charge in [-0.3, -0.25) is 9.59 Å².